The van der Waals surface area contributed by atoms with Crippen LogP contribution in [0.5, 0.6) is 0 Å². The fraction of sp³-hybridized carbons (Fsp3) is 0.318. The van der Waals surface area contributed by atoms with Gasteiger partial charge in [-0.3, -0.25) is 14.2 Å². The van der Waals surface area contributed by atoms with Crippen molar-refractivity contribution in [2.24, 2.45) is 0 Å². The van der Waals surface area contributed by atoms with Crippen molar-refractivity contribution in [3.05, 3.63) is 70.3 Å². The van der Waals surface area contributed by atoms with Gasteiger partial charge >= 0.3 is 0 Å². The molecule has 1 N–H and O–H groups in total. The lowest BCUT2D eigenvalue weighted by Gasteiger charge is -2.20. The van der Waals surface area contributed by atoms with Crippen LogP contribution in [0.1, 0.15) is 45.3 Å². The summed E-state index contributed by atoms with van der Waals surface area (Å²) in [6.45, 7) is 7.47. The van der Waals surface area contributed by atoms with E-state index in [1.807, 2.05) is 32.9 Å². The third kappa shape index (κ3) is 4.67. The molecule has 152 valence electrons. The first-order valence-electron chi connectivity index (χ1n) is 9.51. The van der Waals surface area contributed by atoms with Crippen molar-refractivity contribution in [3.63, 3.8) is 0 Å². The normalized spacial score (nSPS) is 13.4. The standard InChI is InChI=1S/C22H24FN3O2S/c1-13(2)26-21(28)18-7-5-6-8-19(18)25-22(26)29-15(4)20(27)24-14(3)16-9-11-17(23)12-10-16/h5-15H,1-4H3,(H,24,27)/t14-,15-/m0/s1. The molecule has 0 aliphatic heterocycles. The Labute approximate surface area is 173 Å². The van der Waals surface area contributed by atoms with E-state index in [1.54, 1.807) is 35.8 Å². The summed E-state index contributed by atoms with van der Waals surface area (Å²) in [6, 6.07) is 12.9. The van der Waals surface area contributed by atoms with Crippen LogP contribution in [0.15, 0.2) is 58.5 Å². The molecule has 0 fully saturated rings. The van der Waals surface area contributed by atoms with Gasteiger partial charge in [0.15, 0.2) is 5.16 Å². The molecular formula is C22H24FN3O2S. The van der Waals surface area contributed by atoms with Gasteiger partial charge in [0, 0.05) is 6.04 Å². The van der Waals surface area contributed by atoms with Crippen molar-refractivity contribution >= 4 is 28.6 Å². The maximum Gasteiger partial charge on any atom is 0.262 e. The Morgan fingerprint density at radius 3 is 2.38 bits per heavy atom. The maximum absolute atomic E-state index is 13.1. The van der Waals surface area contributed by atoms with Crippen molar-refractivity contribution in [1.82, 2.24) is 14.9 Å². The number of aromatic nitrogens is 2. The Hall–Kier alpha value is -2.67. The van der Waals surface area contributed by atoms with Crippen LogP contribution in [0.4, 0.5) is 4.39 Å². The van der Waals surface area contributed by atoms with E-state index in [-0.39, 0.29) is 29.4 Å². The zero-order chi connectivity index (χ0) is 21.1. The van der Waals surface area contributed by atoms with Gasteiger partial charge in [-0.15, -0.1) is 0 Å². The van der Waals surface area contributed by atoms with Crippen molar-refractivity contribution in [1.29, 1.82) is 0 Å². The van der Waals surface area contributed by atoms with Gasteiger partial charge < -0.3 is 5.32 Å². The van der Waals surface area contributed by atoms with Gasteiger partial charge in [-0.25, -0.2) is 9.37 Å². The van der Waals surface area contributed by atoms with E-state index >= 15 is 0 Å². The Balaban J connectivity index is 1.82. The molecule has 7 heteroatoms. The Bertz CT molecular complexity index is 1080. The molecule has 2 atom stereocenters. The summed E-state index contributed by atoms with van der Waals surface area (Å²) in [4.78, 5) is 30.2. The van der Waals surface area contributed by atoms with E-state index in [0.29, 0.717) is 16.1 Å². The quantitative estimate of drug-likeness (QED) is 0.478. The van der Waals surface area contributed by atoms with Crippen LogP contribution in [-0.4, -0.2) is 20.7 Å². The van der Waals surface area contributed by atoms with Crippen LogP contribution in [0.2, 0.25) is 0 Å². The molecule has 3 aromatic rings. The number of thioether (sulfide) groups is 1. The fourth-order valence-corrected chi connectivity index (χ4v) is 4.09. The van der Waals surface area contributed by atoms with E-state index in [1.165, 1.54) is 23.9 Å². The molecule has 0 aliphatic rings. The van der Waals surface area contributed by atoms with Crippen LogP contribution in [-0.2, 0) is 4.79 Å². The molecule has 0 aliphatic carbocycles. The average Bonchev–Trinajstić information content (AvgIpc) is 2.68. The number of carbonyl (C=O) groups is 1. The first-order chi connectivity index (χ1) is 13.8. The number of amides is 1. The van der Waals surface area contributed by atoms with Crippen molar-refractivity contribution in [2.45, 2.75) is 50.2 Å². The molecule has 0 saturated carbocycles. The molecule has 1 amide bonds. The van der Waals surface area contributed by atoms with E-state index in [2.05, 4.69) is 10.3 Å². The molecule has 1 heterocycles. The molecule has 0 bridgehead atoms. The smallest absolute Gasteiger partial charge is 0.262 e. The lowest BCUT2D eigenvalue weighted by Crippen LogP contribution is -2.34. The van der Waals surface area contributed by atoms with Crippen molar-refractivity contribution in [2.75, 3.05) is 0 Å². The van der Waals surface area contributed by atoms with Crippen molar-refractivity contribution in [3.8, 4) is 0 Å². The summed E-state index contributed by atoms with van der Waals surface area (Å²) in [5.41, 5.74) is 1.32. The summed E-state index contributed by atoms with van der Waals surface area (Å²) in [5, 5.41) is 3.55. The van der Waals surface area contributed by atoms with Gasteiger partial charge in [-0.05, 0) is 57.5 Å². The predicted octanol–water partition coefficient (Wildman–Crippen LogP) is 4.47. The number of benzene rings is 2. The third-order valence-electron chi connectivity index (χ3n) is 4.67. The molecule has 0 saturated heterocycles. The SMILES string of the molecule is CC(C)n1c(S[C@@H](C)C(=O)N[C@@H](C)c2ccc(F)cc2)nc2ccccc2c1=O. The molecule has 2 aromatic carbocycles. The Morgan fingerprint density at radius 2 is 1.72 bits per heavy atom. The summed E-state index contributed by atoms with van der Waals surface area (Å²) < 4.78 is 14.7. The van der Waals surface area contributed by atoms with Gasteiger partial charge in [0.25, 0.3) is 5.56 Å². The summed E-state index contributed by atoms with van der Waals surface area (Å²) in [6.07, 6.45) is 0. The number of hydrogen-bond acceptors (Lipinski definition) is 4. The van der Waals surface area contributed by atoms with Crippen LogP contribution < -0.4 is 10.9 Å². The van der Waals surface area contributed by atoms with Gasteiger partial charge in [0.1, 0.15) is 5.82 Å². The van der Waals surface area contributed by atoms with Gasteiger partial charge in [0.05, 0.1) is 22.2 Å². The zero-order valence-electron chi connectivity index (χ0n) is 16.8. The molecule has 3 rings (SSSR count). The van der Waals surface area contributed by atoms with Crippen LogP contribution in [0.3, 0.4) is 0 Å². The second-order valence-electron chi connectivity index (χ2n) is 7.22. The minimum Gasteiger partial charge on any atom is -0.349 e. The van der Waals surface area contributed by atoms with Gasteiger partial charge in [0.2, 0.25) is 5.91 Å². The summed E-state index contributed by atoms with van der Waals surface area (Å²) in [5.74, 6) is -0.491. The minimum absolute atomic E-state index is 0.0875. The number of para-hydroxylation sites is 1. The minimum atomic E-state index is -0.462. The maximum atomic E-state index is 13.1. The van der Waals surface area contributed by atoms with Crippen LogP contribution >= 0.6 is 11.8 Å². The lowest BCUT2D eigenvalue weighted by atomic mass is 10.1. The van der Waals surface area contributed by atoms with Gasteiger partial charge in [-0.2, -0.15) is 0 Å². The lowest BCUT2D eigenvalue weighted by molar-refractivity contribution is -0.120. The first kappa shape index (κ1) is 21.0. The van der Waals surface area contributed by atoms with Gasteiger partial charge in [-0.1, -0.05) is 36.0 Å². The number of fused-ring (bicyclic) bond motifs is 1. The van der Waals surface area contributed by atoms with E-state index in [9.17, 15) is 14.0 Å². The number of hydrogen-bond donors (Lipinski definition) is 1. The Morgan fingerprint density at radius 1 is 1.07 bits per heavy atom. The molecule has 1 aromatic heterocycles. The highest BCUT2D eigenvalue weighted by Gasteiger charge is 2.22. The van der Waals surface area contributed by atoms with Crippen LogP contribution in [0.25, 0.3) is 10.9 Å². The highest BCUT2D eigenvalue weighted by molar-refractivity contribution is 8.00. The number of halogens is 1. The Kier molecular flexibility index (Phi) is 6.37. The van der Waals surface area contributed by atoms with E-state index in [4.69, 9.17) is 0 Å². The highest BCUT2D eigenvalue weighted by atomic mass is 32.2. The molecule has 29 heavy (non-hydrogen) atoms. The number of rotatable bonds is 6. The number of carbonyl (C=O) groups excluding carboxylic acids is 1. The molecule has 5 nitrogen and oxygen atoms in total. The van der Waals surface area contributed by atoms with Crippen molar-refractivity contribution < 1.29 is 9.18 Å². The van der Waals surface area contributed by atoms with E-state index < -0.39 is 5.25 Å². The molecule has 0 unspecified atom stereocenters. The second kappa shape index (κ2) is 8.78. The highest BCUT2D eigenvalue weighted by Crippen LogP contribution is 2.25. The number of nitrogens with one attached hydrogen (secondary N) is 1. The molecule has 0 radical (unpaired) electrons. The summed E-state index contributed by atoms with van der Waals surface area (Å²) in [7, 11) is 0. The summed E-state index contributed by atoms with van der Waals surface area (Å²) >= 11 is 1.26. The average molecular weight is 414 g/mol. The largest absolute Gasteiger partial charge is 0.349 e. The topological polar surface area (TPSA) is 64.0 Å². The van der Waals surface area contributed by atoms with E-state index in [0.717, 1.165) is 5.56 Å². The second-order valence-corrected chi connectivity index (χ2v) is 8.53. The fourth-order valence-electron chi connectivity index (χ4n) is 3.04. The molecular weight excluding hydrogens is 389 g/mol. The third-order valence-corrected chi connectivity index (χ3v) is 5.74. The molecule has 0 spiro atoms. The number of nitrogens with zero attached hydrogens (tertiary/aromatic N) is 2. The predicted molar refractivity (Wildman–Crippen MR) is 115 cm³/mol. The first-order valence-corrected chi connectivity index (χ1v) is 10.4. The zero-order valence-corrected chi connectivity index (χ0v) is 17.7. The monoisotopic (exact) mass is 413 g/mol. The van der Waals surface area contributed by atoms with Crippen LogP contribution in [0, 0.1) is 5.82 Å².